The maximum absolute atomic E-state index is 12.5. The molecule has 1 aliphatic rings. The summed E-state index contributed by atoms with van der Waals surface area (Å²) in [4.78, 5) is 37.4. The van der Waals surface area contributed by atoms with Crippen LogP contribution in [0.1, 0.15) is 24.0 Å². The number of aliphatic carboxylic acids is 1. The maximum Gasteiger partial charge on any atom is 0.315 e. The maximum atomic E-state index is 12.5. The lowest BCUT2D eigenvalue weighted by Crippen LogP contribution is -2.47. The predicted molar refractivity (Wildman–Crippen MR) is 110 cm³/mol. The fourth-order valence-corrected chi connectivity index (χ4v) is 3.51. The minimum Gasteiger partial charge on any atom is -0.481 e. The van der Waals surface area contributed by atoms with Crippen LogP contribution in [-0.4, -0.2) is 42.1 Å². The molecule has 7 heteroatoms. The first-order chi connectivity index (χ1) is 14.0. The van der Waals surface area contributed by atoms with Gasteiger partial charge < -0.3 is 20.6 Å². The molecule has 2 aromatic carbocycles. The van der Waals surface area contributed by atoms with Gasteiger partial charge >= 0.3 is 12.0 Å². The van der Waals surface area contributed by atoms with Crippen LogP contribution in [0.2, 0.25) is 0 Å². The number of carbonyl (C=O) groups is 3. The van der Waals surface area contributed by atoms with Crippen molar-refractivity contribution in [3.05, 3.63) is 65.7 Å². The van der Waals surface area contributed by atoms with Crippen molar-refractivity contribution in [2.75, 3.05) is 18.0 Å². The summed E-state index contributed by atoms with van der Waals surface area (Å²) >= 11 is 0. The van der Waals surface area contributed by atoms with Gasteiger partial charge in [-0.2, -0.15) is 0 Å². The Morgan fingerprint density at radius 2 is 1.76 bits per heavy atom. The molecule has 3 rings (SSSR count). The number of carboxylic acid groups (broad SMARTS) is 1. The van der Waals surface area contributed by atoms with Gasteiger partial charge in [-0.3, -0.25) is 9.59 Å². The third-order valence-electron chi connectivity index (χ3n) is 4.96. The minimum atomic E-state index is -0.909. The third-order valence-corrected chi connectivity index (χ3v) is 4.96. The molecule has 0 radical (unpaired) electrons. The summed E-state index contributed by atoms with van der Waals surface area (Å²) in [6.07, 6.45) is 1.60. The highest BCUT2D eigenvalue weighted by atomic mass is 16.4. The minimum absolute atomic E-state index is 0.0404. The summed E-state index contributed by atoms with van der Waals surface area (Å²) in [6, 6.07) is 16.5. The zero-order valence-corrected chi connectivity index (χ0v) is 16.1. The van der Waals surface area contributed by atoms with E-state index in [1.54, 1.807) is 4.90 Å². The van der Waals surface area contributed by atoms with Crippen molar-refractivity contribution in [3.63, 3.8) is 0 Å². The highest BCUT2D eigenvalue weighted by Gasteiger charge is 2.24. The van der Waals surface area contributed by atoms with Gasteiger partial charge in [-0.1, -0.05) is 48.5 Å². The van der Waals surface area contributed by atoms with E-state index in [1.165, 1.54) is 0 Å². The quantitative estimate of drug-likeness (QED) is 0.639. The molecule has 152 valence electrons. The Morgan fingerprint density at radius 1 is 1.03 bits per heavy atom. The molecule has 1 unspecified atom stereocenters. The zero-order chi connectivity index (χ0) is 20.6. The Labute approximate surface area is 169 Å². The van der Waals surface area contributed by atoms with Crippen LogP contribution in [0.4, 0.5) is 10.5 Å². The fourth-order valence-electron chi connectivity index (χ4n) is 3.51. The van der Waals surface area contributed by atoms with E-state index in [9.17, 15) is 14.4 Å². The lowest BCUT2D eigenvalue weighted by molar-refractivity contribution is -0.137. The number of nitrogens with zero attached hydrogens (tertiary/aromatic N) is 1. The highest BCUT2D eigenvalue weighted by Crippen LogP contribution is 2.27. The average molecular weight is 395 g/mol. The normalized spacial score (nSPS) is 13.4. The van der Waals surface area contributed by atoms with Gasteiger partial charge in [0.15, 0.2) is 0 Å². The molecule has 0 saturated carbocycles. The van der Waals surface area contributed by atoms with Crippen LogP contribution in [0.5, 0.6) is 0 Å². The predicted octanol–water partition coefficient (Wildman–Crippen LogP) is 2.35. The second kappa shape index (κ2) is 9.73. The SMILES string of the molecule is O=C(O)CCC(Cc1ccccc1)NC(=O)NCC(=O)N1CCc2ccccc21. The molecule has 0 saturated heterocycles. The van der Waals surface area contributed by atoms with Crippen molar-refractivity contribution in [2.24, 2.45) is 0 Å². The second-order valence-electron chi connectivity index (χ2n) is 7.07. The Bertz CT molecular complexity index is 869. The molecule has 0 spiro atoms. The van der Waals surface area contributed by atoms with Gasteiger partial charge in [-0.25, -0.2) is 4.79 Å². The van der Waals surface area contributed by atoms with E-state index < -0.39 is 12.0 Å². The number of amides is 3. The molecule has 29 heavy (non-hydrogen) atoms. The van der Waals surface area contributed by atoms with Crippen LogP contribution in [-0.2, 0) is 22.4 Å². The van der Waals surface area contributed by atoms with Crippen LogP contribution >= 0.6 is 0 Å². The topological polar surface area (TPSA) is 98.7 Å². The number of nitrogens with one attached hydrogen (secondary N) is 2. The molecular formula is C22H25N3O4. The highest BCUT2D eigenvalue weighted by molar-refractivity contribution is 5.98. The number of fused-ring (bicyclic) bond motifs is 1. The average Bonchev–Trinajstić information content (AvgIpc) is 3.15. The molecule has 2 aromatic rings. The zero-order valence-electron chi connectivity index (χ0n) is 16.1. The molecule has 3 amide bonds. The third kappa shape index (κ3) is 5.81. The molecule has 0 fully saturated rings. The van der Waals surface area contributed by atoms with Gasteiger partial charge in [-0.05, 0) is 36.5 Å². The summed E-state index contributed by atoms with van der Waals surface area (Å²) in [5.41, 5.74) is 3.03. The van der Waals surface area contributed by atoms with E-state index in [4.69, 9.17) is 5.11 Å². The molecule has 3 N–H and O–H groups in total. The number of anilines is 1. The fraction of sp³-hybridized carbons (Fsp3) is 0.318. The van der Waals surface area contributed by atoms with Crippen LogP contribution in [0.25, 0.3) is 0 Å². The van der Waals surface area contributed by atoms with Crippen molar-refractivity contribution in [2.45, 2.75) is 31.7 Å². The van der Waals surface area contributed by atoms with Crippen molar-refractivity contribution in [1.29, 1.82) is 0 Å². The van der Waals surface area contributed by atoms with Gasteiger partial charge in [0.25, 0.3) is 0 Å². The molecular weight excluding hydrogens is 370 g/mol. The number of urea groups is 1. The van der Waals surface area contributed by atoms with Crippen LogP contribution in [0.15, 0.2) is 54.6 Å². The number of para-hydroxylation sites is 1. The smallest absolute Gasteiger partial charge is 0.315 e. The van der Waals surface area contributed by atoms with E-state index in [1.807, 2.05) is 54.6 Å². The number of carboxylic acids is 1. The Morgan fingerprint density at radius 3 is 2.52 bits per heavy atom. The van der Waals surface area contributed by atoms with E-state index in [2.05, 4.69) is 10.6 Å². The van der Waals surface area contributed by atoms with Gasteiger partial charge in [0.05, 0.1) is 6.54 Å². The molecule has 1 aliphatic heterocycles. The van der Waals surface area contributed by atoms with Crippen molar-refractivity contribution >= 4 is 23.6 Å². The first kappa shape index (κ1) is 20.4. The molecule has 0 aromatic heterocycles. The largest absolute Gasteiger partial charge is 0.481 e. The molecule has 1 atom stereocenters. The Balaban J connectivity index is 1.52. The molecule has 0 aliphatic carbocycles. The lowest BCUT2D eigenvalue weighted by atomic mass is 10.0. The summed E-state index contributed by atoms with van der Waals surface area (Å²) in [5.74, 6) is -1.08. The summed E-state index contributed by atoms with van der Waals surface area (Å²) in [5, 5.41) is 14.4. The first-order valence-corrected chi connectivity index (χ1v) is 9.71. The van der Waals surface area contributed by atoms with Crippen LogP contribution in [0.3, 0.4) is 0 Å². The van der Waals surface area contributed by atoms with Gasteiger partial charge in [0, 0.05) is 24.7 Å². The number of hydrogen-bond donors (Lipinski definition) is 3. The Hall–Kier alpha value is -3.35. The number of hydrogen-bond acceptors (Lipinski definition) is 3. The molecule has 1 heterocycles. The van der Waals surface area contributed by atoms with E-state index in [-0.39, 0.29) is 24.9 Å². The van der Waals surface area contributed by atoms with Crippen LogP contribution in [0, 0.1) is 0 Å². The van der Waals surface area contributed by atoms with Crippen molar-refractivity contribution in [3.8, 4) is 0 Å². The molecule has 0 bridgehead atoms. The van der Waals surface area contributed by atoms with E-state index in [0.29, 0.717) is 19.4 Å². The van der Waals surface area contributed by atoms with E-state index in [0.717, 1.165) is 23.2 Å². The van der Waals surface area contributed by atoms with Gasteiger partial charge in [-0.15, -0.1) is 0 Å². The van der Waals surface area contributed by atoms with Crippen molar-refractivity contribution < 1.29 is 19.5 Å². The Kier molecular flexibility index (Phi) is 6.84. The second-order valence-corrected chi connectivity index (χ2v) is 7.07. The molecule has 7 nitrogen and oxygen atoms in total. The van der Waals surface area contributed by atoms with Gasteiger partial charge in [0.1, 0.15) is 0 Å². The van der Waals surface area contributed by atoms with E-state index >= 15 is 0 Å². The summed E-state index contributed by atoms with van der Waals surface area (Å²) < 4.78 is 0. The van der Waals surface area contributed by atoms with Crippen molar-refractivity contribution in [1.82, 2.24) is 10.6 Å². The number of benzene rings is 2. The number of rotatable bonds is 8. The monoisotopic (exact) mass is 395 g/mol. The first-order valence-electron chi connectivity index (χ1n) is 9.71. The number of carbonyl (C=O) groups excluding carboxylic acids is 2. The lowest BCUT2D eigenvalue weighted by Gasteiger charge is -2.20. The standard InChI is InChI=1S/C22H25N3O4/c26-20(25-13-12-17-8-4-5-9-19(17)25)15-23-22(29)24-18(10-11-21(27)28)14-16-6-2-1-3-7-16/h1-9,18H,10-15H2,(H,27,28)(H2,23,24,29). The summed E-state index contributed by atoms with van der Waals surface area (Å²) in [6.45, 7) is 0.494. The summed E-state index contributed by atoms with van der Waals surface area (Å²) in [7, 11) is 0. The van der Waals surface area contributed by atoms with Crippen LogP contribution < -0.4 is 15.5 Å². The van der Waals surface area contributed by atoms with Gasteiger partial charge in [0.2, 0.25) is 5.91 Å².